The number of carbonyl (C=O) groups excluding carboxylic acids is 1. The van der Waals surface area contributed by atoms with E-state index in [1.165, 1.54) is 11.8 Å². The number of hydrogen-bond donors (Lipinski definition) is 1. The Morgan fingerprint density at radius 2 is 1.93 bits per heavy atom. The maximum absolute atomic E-state index is 12.5. The Morgan fingerprint density at radius 1 is 1.21 bits per heavy atom. The molecule has 152 valence electrons. The van der Waals surface area contributed by atoms with Crippen LogP contribution in [0, 0.1) is 5.92 Å². The van der Waals surface area contributed by atoms with Crippen molar-refractivity contribution in [2.24, 2.45) is 5.92 Å². The van der Waals surface area contributed by atoms with E-state index in [1.54, 1.807) is 0 Å². The quantitative estimate of drug-likeness (QED) is 0.648. The number of hydrogen-bond acceptors (Lipinski definition) is 5. The van der Waals surface area contributed by atoms with Crippen LogP contribution in [0.1, 0.15) is 40.0 Å². The number of aromatic nitrogens is 3. The minimum Gasteiger partial charge on any atom is -0.355 e. The zero-order chi connectivity index (χ0) is 20.1. The highest BCUT2D eigenvalue weighted by Crippen LogP contribution is 2.33. The third-order valence-electron chi connectivity index (χ3n) is 4.77. The van der Waals surface area contributed by atoms with Gasteiger partial charge in [0.15, 0.2) is 5.16 Å². The van der Waals surface area contributed by atoms with Gasteiger partial charge in [0.25, 0.3) is 0 Å². The second kappa shape index (κ2) is 9.65. The molecule has 1 atom stereocenters. The fourth-order valence-electron chi connectivity index (χ4n) is 3.14. The number of amides is 1. The molecule has 0 radical (unpaired) electrons. The number of anilines is 1. The molecule has 2 aromatic rings. The van der Waals surface area contributed by atoms with E-state index < -0.39 is 0 Å². The van der Waals surface area contributed by atoms with Gasteiger partial charge in [0.1, 0.15) is 0 Å². The Morgan fingerprint density at radius 3 is 2.61 bits per heavy atom. The second-order valence-electron chi connectivity index (χ2n) is 7.50. The lowest BCUT2D eigenvalue weighted by Crippen LogP contribution is -2.32. The molecule has 8 heteroatoms. The van der Waals surface area contributed by atoms with E-state index in [2.05, 4.69) is 34.3 Å². The van der Waals surface area contributed by atoms with Crippen molar-refractivity contribution in [1.29, 1.82) is 0 Å². The summed E-state index contributed by atoms with van der Waals surface area (Å²) < 4.78 is 1.98. The summed E-state index contributed by atoms with van der Waals surface area (Å²) in [7, 11) is 0. The van der Waals surface area contributed by atoms with Crippen LogP contribution in [0.25, 0.3) is 5.69 Å². The summed E-state index contributed by atoms with van der Waals surface area (Å²) in [4.78, 5) is 14.7. The lowest BCUT2D eigenvalue weighted by molar-refractivity contribution is -0.120. The van der Waals surface area contributed by atoms with Crippen molar-refractivity contribution in [2.75, 3.05) is 24.5 Å². The first-order valence-corrected chi connectivity index (χ1v) is 11.1. The second-order valence-corrected chi connectivity index (χ2v) is 9.21. The zero-order valence-corrected chi connectivity index (χ0v) is 18.3. The SMILES string of the molecule is CC(C)CCNC(=O)C(C)Sc1nnc(N2CCCC2)n1-c1ccccc1Cl. The molecule has 1 aromatic heterocycles. The molecule has 1 saturated heterocycles. The predicted octanol–water partition coefficient (Wildman–Crippen LogP) is 4.16. The lowest BCUT2D eigenvalue weighted by Gasteiger charge is -2.19. The predicted molar refractivity (Wildman–Crippen MR) is 116 cm³/mol. The minimum absolute atomic E-state index is 0.0158. The topological polar surface area (TPSA) is 63.1 Å². The summed E-state index contributed by atoms with van der Waals surface area (Å²) >= 11 is 7.89. The van der Waals surface area contributed by atoms with Crippen molar-refractivity contribution in [1.82, 2.24) is 20.1 Å². The molecule has 1 aromatic carbocycles. The molecule has 0 bridgehead atoms. The van der Waals surface area contributed by atoms with Gasteiger partial charge in [0.05, 0.1) is 16.0 Å². The van der Waals surface area contributed by atoms with Crippen molar-refractivity contribution in [3.05, 3.63) is 29.3 Å². The van der Waals surface area contributed by atoms with Crippen molar-refractivity contribution in [2.45, 2.75) is 50.4 Å². The first-order chi connectivity index (χ1) is 13.5. The average molecular weight is 422 g/mol. The molecule has 1 aliphatic rings. The van der Waals surface area contributed by atoms with E-state index in [-0.39, 0.29) is 11.2 Å². The van der Waals surface area contributed by atoms with Crippen molar-refractivity contribution < 1.29 is 4.79 Å². The number of benzene rings is 1. The Bertz CT molecular complexity index is 804. The van der Waals surface area contributed by atoms with E-state index in [9.17, 15) is 4.79 Å². The van der Waals surface area contributed by atoms with Crippen molar-refractivity contribution in [3.63, 3.8) is 0 Å². The van der Waals surface area contributed by atoms with Gasteiger partial charge in [-0.15, -0.1) is 10.2 Å². The van der Waals surface area contributed by atoms with Crippen LogP contribution in [0.4, 0.5) is 5.95 Å². The first kappa shape index (κ1) is 21.0. The van der Waals surface area contributed by atoms with Crippen LogP contribution in [0.3, 0.4) is 0 Å². The molecule has 1 aliphatic heterocycles. The van der Waals surface area contributed by atoms with Gasteiger partial charge < -0.3 is 10.2 Å². The van der Waals surface area contributed by atoms with Crippen LogP contribution in [0.15, 0.2) is 29.4 Å². The summed E-state index contributed by atoms with van der Waals surface area (Å²) in [5, 5.41) is 12.9. The van der Waals surface area contributed by atoms with E-state index in [0.29, 0.717) is 22.6 Å². The van der Waals surface area contributed by atoms with Gasteiger partial charge in [-0.1, -0.05) is 49.3 Å². The van der Waals surface area contributed by atoms with E-state index in [1.807, 2.05) is 35.8 Å². The normalized spacial score (nSPS) is 15.2. The first-order valence-electron chi connectivity index (χ1n) is 9.87. The number of para-hydroxylation sites is 1. The van der Waals surface area contributed by atoms with Gasteiger partial charge in [-0.2, -0.15) is 0 Å². The maximum atomic E-state index is 12.5. The van der Waals surface area contributed by atoms with Crippen LogP contribution in [0.2, 0.25) is 5.02 Å². The molecule has 0 aliphatic carbocycles. The van der Waals surface area contributed by atoms with Crippen molar-refractivity contribution >= 4 is 35.2 Å². The van der Waals surface area contributed by atoms with Crippen LogP contribution in [0.5, 0.6) is 0 Å². The molecule has 3 rings (SSSR count). The number of nitrogens with one attached hydrogen (secondary N) is 1. The highest BCUT2D eigenvalue weighted by Gasteiger charge is 2.26. The molecule has 6 nitrogen and oxygen atoms in total. The van der Waals surface area contributed by atoms with E-state index in [0.717, 1.165) is 44.0 Å². The maximum Gasteiger partial charge on any atom is 0.233 e. The fourth-order valence-corrected chi connectivity index (χ4v) is 4.24. The number of nitrogens with zero attached hydrogens (tertiary/aromatic N) is 4. The smallest absolute Gasteiger partial charge is 0.233 e. The third kappa shape index (κ3) is 5.00. The van der Waals surface area contributed by atoms with Gasteiger partial charge >= 0.3 is 0 Å². The Hall–Kier alpha value is -1.73. The third-order valence-corrected chi connectivity index (χ3v) is 6.13. The number of rotatable bonds is 8. The number of halogens is 1. The average Bonchev–Trinajstić information content (AvgIpc) is 3.31. The summed E-state index contributed by atoms with van der Waals surface area (Å²) in [6.45, 7) is 8.80. The molecule has 1 amide bonds. The van der Waals surface area contributed by atoms with E-state index >= 15 is 0 Å². The molecule has 0 saturated carbocycles. The van der Waals surface area contributed by atoms with Gasteiger partial charge in [-0.25, -0.2) is 0 Å². The monoisotopic (exact) mass is 421 g/mol. The van der Waals surface area contributed by atoms with Crippen molar-refractivity contribution in [3.8, 4) is 5.69 Å². The Balaban J connectivity index is 1.83. The number of carbonyl (C=O) groups is 1. The summed E-state index contributed by atoms with van der Waals surface area (Å²) in [5.41, 5.74) is 0.839. The molecular weight excluding hydrogens is 394 g/mol. The largest absolute Gasteiger partial charge is 0.355 e. The molecular formula is C20H28ClN5OS. The Labute approximate surface area is 176 Å². The van der Waals surface area contributed by atoms with Crippen LogP contribution in [-0.2, 0) is 4.79 Å². The summed E-state index contributed by atoms with van der Waals surface area (Å²) in [6.07, 6.45) is 3.26. The number of thioether (sulfide) groups is 1. The fraction of sp³-hybridized carbons (Fsp3) is 0.550. The van der Waals surface area contributed by atoms with E-state index in [4.69, 9.17) is 11.6 Å². The zero-order valence-electron chi connectivity index (χ0n) is 16.7. The van der Waals surface area contributed by atoms with Crippen LogP contribution < -0.4 is 10.2 Å². The Kier molecular flexibility index (Phi) is 7.24. The van der Waals surface area contributed by atoms with Gasteiger partial charge in [-0.3, -0.25) is 9.36 Å². The molecule has 2 heterocycles. The minimum atomic E-state index is -0.274. The standard InChI is InChI=1S/C20H28ClN5OS/c1-14(2)10-11-22-18(27)15(3)28-20-24-23-19(25-12-6-7-13-25)26(20)17-9-5-4-8-16(17)21/h4-5,8-9,14-15H,6-7,10-13H2,1-3H3,(H,22,27). The van der Waals surface area contributed by atoms with Gasteiger partial charge in [-0.05, 0) is 44.2 Å². The summed E-state index contributed by atoms with van der Waals surface area (Å²) in [6, 6.07) is 7.68. The highest BCUT2D eigenvalue weighted by molar-refractivity contribution is 8.00. The van der Waals surface area contributed by atoms with Crippen LogP contribution in [-0.4, -0.2) is 45.6 Å². The lowest BCUT2D eigenvalue weighted by atomic mass is 10.1. The van der Waals surface area contributed by atoms with Gasteiger partial charge in [0, 0.05) is 19.6 Å². The summed E-state index contributed by atoms with van der Waals surface area (Å²) in [5.74, 6) is 1.37. The molecule has 1 N–H and O–H groups in total. The molecule has 1 unspecified atom stereocenters. The molecule has 28 heavy (non-hydrogen) atoms. The highest BCUT2D eigenvalue weighted by atomic mass is 35.5. The van der Waals surface area contributed by atoms with Gasteiger partial charge in [0.2, 0.25) is 11.9 Å². The van der Waals surface area contributed by atoms with Crippen LogP contribution >= 0.6 is 23.4 Å². The molecule has 1 fully saturated rings. The molecule has 0 spiro atoms.